The molecule has 1 aliphatic rings. The molecule has 4 rings (SSSR count). The molecule has 1 saturated carbocycles. The second-order valence-corrected chi connectivity index (χ2v) is 8.83. The van der Waals surface area contributed by atoms with Crippen LogP contribution in [-0.2, 0) is 0 Å². The van der Waals surface area contributed by atoms with Crippen LogP contribution in [0.3, 0.4) is 0 Å². The van der Waals surface area contributed by atoms with Gasteiger partial charge in [0.1, 0.15) is 17.3 Å². The number of carbonyl (C=O) groups excluding carboxylic acids is 1. The highest BCUT2D eigenvalue weighted by molar-refractivity contribution is 7.15. The first kappa shape index (κ1) is 20.5. The van der Waals surface area contributed by atoms with E-state index in [0.717, 1.165) is 28.5 Å². The highest BCUT2D eigenvalue weighted by atomic mass is 32.1. The summed E-state index contributed by atoms with van der Waals surface area (Å²) in [6, 6.07) is 10.0. The van der Waals surface area contributed by atoms with Gasteiger partial charge in [-0.1, -0.05) is 38.0 Å². The highest BCUT2D eigenvalue weighted by Crippen LogP contribution is 2.39. The molecule has 2 aromatic carbocycles. The fourth-order valence-electron chi connectivity index (χ4n) is 3.73. The van der Waals surface area contributed by atoms with Gasteiger partial charge < -0.3 is 10.6 Å². The van der Waals surface area contributed by atoms with Crippen molar-refractivity contribution in [1.29, 1.82) is 0 Å². The van der Waals surface area contributed by atoms with Crippen molar-refractivity contribution in [3.8, 4) is 10.4 Å². The van der Waals surface area contributed by atoms with Crippen LogP contribution in [-0.4, -0.2) is 11.0 Å². The predicted molar refractivity (Wildman–Crippen MR) is 117 cm³/mol. The zero-order chi connectivity index (χ0) is 21.1. The molecule has 1 aromatic heterocycles. The summed E-state index contributed by atoms with van der Waals surface area (Å²) in [4.78, 5) is 17.8. The van der Waals surface area contributed by atoms with E-state index in [1.54, 1.807) is 23.5 Å². The van der Waals surface area contributed by atoms with E-state index in [1.165, 1.54) is 36.8 Å². The number of carbonyl (C=O) groups is 1. The Labute approximate surface area is 178 Å². The van der Waals surface area contributed by atoms with Gasteiger partial charge in [0.2, 0.25) is 0 Å². The van der Waals surface area contributed by atoms with Gasteiger partial charge in [-0.05, 0) is 48.6 Å². The van der Waals surface area contributed by atoms with Crippen molar-refractivity contribution in [2.45, 2.75) is 38.5 Å². The number of para-hydroxylation sites is 1. The second-order valence-electron chi connectivity index (χ2n) is 7.77. The number of anilines is 2. The highest BCUT2D eigenvalue weighted by Gasteiger charge is 2.22. The fourth-order valence-corrected chi connectivity index (χ4v) is 4.82. The molecule has 156 valence electrons. The van der Waals surface area contributed by atoms with Crippen LogP contribution >= 0.6 is 11.3 Å². The van der Waals surface area contributed by atoms with Crippen molar-refractivity contribution in [3.05, 3.63) is 65.3 Å². The first-order valence-corrected chi connectivity index (χ1v) is 10.9. The van der Waals surface area contributed by atoms with Crippen LogP contribution in [0.1, 0.15) is 43.5 Å². The van der Waals surface area contributed by atoms with E-state index < -0.39 is 23.4 Å². The minimum Gasteiger partial charge on any atom is -0.308 e. The summed E-state index contributed by atoms with van der Waals surface area (Å²) < 4.78 is 27.3. The van der Waals surface area contributed by atoms with E-state index in [0.29, 0.717) is 11.6 Å². The number of rotatable bonds is 4. The molecule has 30 heavy (non-hydrogen) atoms. The van der Waals surface area contributed by atoms with E-state index in [2.05, 4.69) is 22.5 Å². The molecule has 0 spiro atoms. The molecule has 2 amide bonds. The van der Waals surface area contributed by atoms with E-state index in [-0.39, 0.29) is 0 Å². The Morgan fingerprint density at radius 2 is 1.67 bits per heavy atom. The third kappa shape index (κ3) is 4.67. The van der Waals surface area contributed by atoms with Gasteiger partial charge in [0.05, 0.1) is 9.88 Å². The number of aromatic nitrogens is 1. The number of thiazole rings is 1. The minimum atomic E-state index is -0.825. The molecular weight excluding hydrogens is 404 g/mol. The second kappa shape index (κ2) is 8.92. The molecule has 1 heterocycles. The van der Waals surface area contributed by atoms with Gasteiger partial charge in [0.25, 0.3) is 0 Å². The van der Waals surface area contributed by atoms with Crippen LogP contribution < -0.4 is 10.6 Å². The van der Waals surface area contributed by atoms with Crippen molar-refractivity contribution in [2.24, 2.45) is 5.92 Å². The molecule has 2 N–H and O–H groups in total. The standard InChI is InChI=1S/C23H23F2N3OS/c1-14-5-7-16(8-6-14)22-26-13-20(30-22)15-9-11-17(12-10-15)27-23(29)28-21-18(24)3-2-4-19(21)25/h2-4,9-14,16H,5-8H2,1H3,(H2,27,28,29). The number of nitrogens with one attached hydrogen (secondary N) is 2. The van der Waals surface area contributed by atoms with Gasteiger partial charge in [-0.2, -0.15) is 0 Å². The number of hydrogen-bond donors (Lipinski definition) is 2. The van der Waals surface area contributed by atoms with E-state index in [4.69, 9.17) is 0 Å². The van der Waals surface area contributed by atoms with Crippen LogP contribution in [0.4, 0.5) is 25.0 Å². The number of halogens is 2. The topological polar surface area (TPSA) is 54.0 Å². The van der Waals surface area contributed by atoms with Crippen molar-refractivity contribution in [1.82, 2.24) is 4.98 Å². The Balaban J connectivity index is 1.39. The number of nitrogens with zero attached hydrogens (tertiary/aromatic N) is 1. The Kier molecular flexibility index (Phi) is 6.08. The van der Waals surface area contributed by atoms with Crippen LogP contribution in [0.15, 0.2) is 48.7 Å². The maximum absolute atomic E-state index is 13.7. The maximum Gasteiger partial charge on any atom is 0.323 e. The molecule has 1 aliphatic carbocycles. The lowest BCUT2D eigenvalue weighted by Gasteiger charge is -2.24. The normalized spacial score (nSPS) is 18.8. The Bertz CT molecular complexity index is 1010. The summed E-state index contributed by atoms with van der Waals surface area (Å²) in [5.74, 6) is -0.279. The lowest BCUT2D eigenvalue weighted by Crippen LogP contribution is -2.20. The van der Waals surface area contributed by atoms with E-state index in [1.807, 2.05) is 18.3 Å². The molecule has 4 nitrogen and oxygen atoms in total. The Hall–Kier alpha value is -2.80. The fraction of sp³-hybridized carbons (Fsp3) is 0.304. The quantitative estimate of drug-likeness (QED) is 0.470. The smallest absolute Gasteiger partial charge is 0.308 e. The zero-order valence-electron chi connectivity index (χ0n) is 16.6. The summed E-state index contributed by atoms with van der Waals surface area (Å²) in [7, 11) is 0. The molecular formula is C23H23F2N3OS. The summed E-state index contributed by atoms with van der Waals surface area (Å²) in [6.45, 7) is 2.31. The SMILES string of the molecule is CC1CCC(c2ncc(-c3ccc(NC(=O)Nc4c(F)cccc4F)cc3)s2)CC1. The van der Waals surface area contributed by atoms with Gasteiger partial charge >= 0.3 is 6.03 Å². The van der Waals surface area contributed by atoms with Crippen molar-refractivity contribution in [2.75, 3.05) is 10.6 Å². The third-order valence-electron chi connectivity index (χ3n) is 5.52. The van der Waals surface area contributed by atoms with Crippen LogP contribution in [0.5, 0.6) is 0 Å². The molecule has 7 heteroatoms. The first-order valence-electron chi connectivity index (χ1n) is 10.1. The maximum atomic E-state index is 13.7. The Morgan fingerprint density at radius 3 is 2.33 bits per heavy atom. The number of benzene rings is 2. The average Bonchev–Trinajstić information content (AvgIpc) is 3.22. The van der Waals surface area contributed by atoms with Crippen LogP contribution in [0, 0.1) is 17.6 Å². The summed E-state index contributed by atoms with van der Waals surface area (Å²) in [6.07, 6.45) is 6.84. The molecule has 0 unspecified atom stereocenters. The van der Waals surface area contributed by atoms with E-state index in [9.17, 15) is 13.6 Å². The van der Waals surface area contributed by atoms with Crippen LogP contribution in [0.25, 0.3) is 10.4 Å². The van der Waals surface area contributed by atoms with Gasteiger partial charge in [-0.25, -0.2) is 18.6 Å². The number of urea groups is 1. The molecule has 0 atom stereocenters. The monoisotopic (exact) mass is 427 g/mol. The summed E-state index contributed by atoms with van der Waals surface area (Å²) >= 11 is 1.72. The summed E-state index contributed by atoms with van der Waals surface area (Å²) in [5.41, 5.74) is 1.08. The number of hydrogen-bond acceptors (Lipinski definition) is 3. The minimum absolute atomic E-state index is 0.471. The largest absolute Gasteiger partial charge is 0.323 e. The lowest BCUT2D eigenvalue weighted by atomic mass is 9.83. The predicted octanol–water partition coefficient (Wildman–Crippen LogP) is 7.03. The summed E-state index contributed by atoms with van der Waals surface area (Å²) in [5, 5.41) is 6.00. The average molecular weight is 428 g/mol. The van der Waals surface area contributed by atoms with E-state index >= 15 is 0 Å². The van der Waals surface area contributed by atoms with Crippen molar-refractivity contribution in [3.63, 3.8) is 0 Å². The van der Waals surface area contributed by atoms with Gasteiger partial charge in [-0.15, -0.1) is 11.3 Å². The molecule has 0 saturated heterocycles. The lowest BCUT2D eigenvalue weighted by molar-refractivity contribution is 0.262. The molecule has 0 radical (unpaired) electrons. The van der Waals surface area contributed by atoms with Gasteiger partial charge in [0, 0.05) is 17.8 Å². The van der Waals surface area contributed by atoms with Crippen molar-refractivity contribution >= 4 is 28.7 Å². The van der Waals surface area contributed by atoms with Crippen LogP contribution in [0.2, 0.25) is 0 Å². The Morgan fingerprint density at radius 1 is 1.00 bits per heavy atom. The first-order chi connectivity index (χ1) is 14.5. The number of amides is 2. The van der Waals surface area contributed by atoms with Crippen molar-refractivity contribution < 1.29 is 13.6 Å². The zero-order valence-corrected chi connectivity index (χ0v) is 17.4. The third-order valence-corrected chi connectivity index (χ3v) is 6.73. The van der Waals surface area contributed by atoms with Gasteiger partial charge in [-0.3, -0.25) is 0 Å². The molecule has 0 aliphatic heterocycles. The molecule has 3 aromatic rings. The molecule has 0 bridgehead atoms. The van der Waals surface area contributed by atoms with Gasteiger partial charge in [0.15, 0.2) is 0 Å². The molecule has 1 fully saturated rings.